The molecule has 1 N–H and O–H groups in total. The van der Waals surface area contributed by atoms with Crippen molar-refractivity contribution in [3.8, 4) is 5.75 Å². The van der Waals surface area contributed by atoms with Gasteiger partial charge >= 0.3 is 0 Å². The number of nitrogens with one attached hydrogen (secondary N) is 1. The van der Waals surface area contributed by atoms with E-state index in [1.807, 2.05) is 19.1 Å². The van der Waals surface area contributed by atoms with Gasteiger partial charge in [-0.15, -0.1) is 0 Å². The molecule has 0 aliphatic rings. The number of hydrogen-bond acceptors (Lipinski definition) is 3. The van der Waals surface area contributed by atoms with Crippen molar-refractivity contribution in [2.24, 2.45) is 5.41 Å². The highest BCUT2D eigenvalue weighted by atomic mass is 32.2. The van der Waals surface area contributed by atoms with Crippen molar-refractivity contribution in [3.63, 3.8) is 0 Å². The maximum atomic E-state index is 12.6. The highest BCUT2D eigenvalue weighted by Crippen LogP contribution is 2.38. The average molecular weight is 453 g/mol. The Bertz CT molecular complexity index is 748. The third-order valence-electron chi connectivity index (χ3n) is 5.42. The summed E-state index contributed by atoms with van der Waals surface area (Å²) in [7, 11) is -3.42. The van der Waals surface area contributed by atoms with E-state index in [9.17, 15) is 8.42 Å². The molecule has 1 rings (SSSR count). The summed E-state index contributed by atoms with van der Waals surface area (Å²) in [6, 6.07) is 6.11. The van der Waals surface area contributed by atoms with Gasteiger partial charge in [-0.2, -0.15) is 0 Å². The standard InChI is InChI=1S/C26H46NO3S/c1-8-10-11-12-13-14-18-30-24-16-15-23(26(6,7)21-25(3,4)5)19-22(24)20-31(28,29)27-17-9-2/h9,15-16,19,27H,8,10-14,17-18,20-21H2,1-7H3. The molecular formula is C26H46NO3S. The molecule has 1 aromatic rings. The van der Waals surface area contributed by atoms with E-state index in [-0.39, 0.29) is 16.6 Å². The minimum atomic E-state index is -3.42. The molecule has 0 aliphatic heterocycles. The minimum absolute atomic E-state index is 0.0564. The number of ether oxygens (including phenoxy) is 1. The highest BCUT2D eigenvalue weighted by molar-refractivity contribution is 7.88. The van der Waals surface area contributed by atoms with Crippen LogP contribution in [0.1, 0.15) is 105 Å². The molecule has 31 heavy (non-hydrogen) atoms. The Hall–Kier alpha value is -1.07. The fraction of sp³-hybridized carbons (Fsp3) is 0.731. The van der Waals surface area contributed by atoms with Crippen LogP contribution in [-0.4, -0.2) is 21.6 Å². The third kappa shape index (κ3) is 11.4. The van der Waals surface area contributed by atoms with Crippen molar-refractivity contribution in [3.05, 3.63) is 35.7 Å². The summed E-state index contributed by atoms with van der Waals surface area (Å²) in [5, 5.41) is 0. The zero-order valence-electron chi connectivity index (χ0n) is 21.0. The Balaban J connectivity index is 2.99. The summed E-state index contributed by atoms with van der Waals surface area (Å²) in [4.78, 5) is 0. The van der Waals surface area contributed by atoms with Crippen LogP contribution in [0.15, 0.2) is 18.2 Å². The normalized spacial score (nSPS) is 12.9. The summed E-state index contributed by atoms with van der Waals surface area (Å²) >= 11 is 0. The zero-order chi connectivity index (χ0) is 23.5. The van der Waals surface area contributed by atoms with E-state index in [0.29, 0.717) is 18.9 Å². The molecule has 4 nitrogen and oxygen atoms in total. The van der Waals surface area contributed by atoms with E-state index in [4.69, 9.17) is 4.74 Å². The van der Waals surface area contributed by atoms with Crippen LogP contribution in [-0.2, 0) is 21.2 Å². The summed E-state index contributed by atoms with van der Waals surface area (Å²) in [5.41, 5.74) is 2.02. The van der Waals surface area contributed by atoms with Crippen LogP contribution < -0.4 is 9.46 Å². The van der Waals surface area contributed by atoms with Crippen molar-refractivity contribution in [1.29, 1.82) is 0 Å². The molecule has 0 unspecified atom stereocenters. The van der Waals surface area contributed by atoms with Gasteiger partial charge in [0.1, 0.15) is 5.75 Å². The molecule has 0 fully saturated rings. The number of unbranched alkanes of at least 4 members (excludes halogenated alkanes) is 5. The quantitative estimate of drug-likeness (QED) is 0.298. The average Bonchev–Trinajstić information content (AvgIpc) is 2.64. The third-order valence-corrected chi connectivity index (χ3v) is 6.72. The molecule has 0 bridgehead atoms. The second-order valence-corrected chi connectivity index (χ2v) is 12.4. The predicted molar refractivity (Wildman–Crippen MR) is 133 cm³/mol. The first-order chi connectivity index (χ1) is 14.4. The van der Waals surface area contributed by atoms with Crippen molar-refractivity contribution < 1.29 is 13.2 Å². The van der Waals surface area contributed by atoms with Crippen LogP contribution in [0.5, 0.6) is 5.75 Å². The Labute approximate surface area is 192 Å². The summed E-state index contributed by atoms with van der Waals surface area (Å²) < 4.78 is 33.9. The van der Waals surface area contributed by atoms with Crippen LogP contribution >= 0.6 is 0 Å². The molecule has 5 heteroatoms. The van der Waals surface area contributed by atoms with Gasteiger partial charge in [0.15, 0.2) is 0 Å². The number of rotatable bonds is 15. The first-order valence-electron chi connectivity index (χ1n) is 11.9. The smallest absolute Gasteiger partial charge is 0.215 e. The summed E-state index contributed by atoms with van der Waals surface area (Å²) in [6.07, 6.45) is 10.00. The van der Waals surface area contributed by atoms with E-state index in [1.54, 1.807) is 6.42 Å². The maximum absolute atomic E-state index is 12.6. The molecular weight excluding hydrogens is 406 g/mol. The topological polar surface area (TPSA) is 55.4 Å². The lowest BCUT2D eigenvalue weighted by Crippen LogP contribution is -2.27. The first kappa shape index (κ1) is 28.0. The first-order valence-corrected chi connectivity index (χ1v) is 13.6. The summed E-state index contributed by atoms with van der Waals surface area (Å²) in [5.74, 6) is 0.626. The minimum Gasteiger partial charge on any atom is -0.493 e. The van der Waals surface area contributed by atoms with Crippen molar-refractivity contribution in [1.82, 2.24) is 4.72 Å². The van der Waals surface area contributed by atoms with E-state index >= 15 is 0 Å². The van der Waals surface area contributed by atoms with Crippen LogP contribution in [0.2, 0.25) is 0 Å². The molecule has 1 aromatic carbocycles. The highest BCUT2D eigenvalue weighted by Gasteiger charge is 2.28. The van der Waals surface area contributed by atoms with Gasteiger partial charge in [-0.05, 0) is 41.7 Å². The second kappa shape index (κ2) is 12.8. The molecule has 0 saturated carbocycles. The molecule has 0 atom stereocenters. The SMILES string of the molecule is C[CH]CNS(=O)(=O)Cc1cc(C(C)(C)CC(C)(C)C)ccc1OCCCCCCCC. The van der Waals surface area contributed by atoms with Crippen LogP contribution in [0.3, 0.4) is 0 Å². The Kier molecular flexibility index (Phi) is 11.6. The van der Waals surface area contributed by atoms with E-state index < -0.39 is 10.0 Å². The number of hydrogen-bond donors (Lipinski definition) is 1. The van der Waals surface area contributed by atoms with E-state index in [0.717, 1.165) is 30.4 Å². The lowest BCUT2D eigenvalue weighted by molar-refractivity contribution is 0.282. The van der Waals surface area contributed by atoms with Crippen LogP contribution in [0.25, 0.3) is 0 Å². The van der Waals surface area contributed by atoms with Gasteiger partial charge < -0.3 is 4.74 Å². The lowest BCUT2D eigenvalue weighted by Gasteiger charge is -2.33. The molecule has 0 aliphatic carbocycles. The predicted octanol–water partition coefficient (Wildman–Crippen LogP) is 6.78. The second-order valence-electron chi connectivity index (χ2n) is 10.6. The van der Waals surface area contributed by atoms with Gasteiger partial charge in [0.05, 0.1) is 12.4 Å². The molecule has 0 saturated heterocycles. The molecule has 179 valence electrons. The van der Waals surface area contributed by atoms with Crippen LogP contribution in [0.4, 0.5) is 0 Å². The fourth-order valence-electron chi connectivity index (χ4n) is 4.21. The monoisotopic (exact) mass is 452 g/mol. The number of benzene rings is 1. The molecule has 0 amide bonds. The van der Waals surface area contributed by atoms with Crippen molar-refractivity contribution >= 4 is 10.0 Å². The van der Waals surface area contributed by atoms with Gasteiger partial charge in [0, 0.05) is 12.1 Å². The van der Waals surface area contributed by atoms with Gasteiger partial charge in [0.25, 0.3) is 0 Å². The van der Waals surface area contributed by atoms with Gasteiger partial charge in [0.2, 0.25) is 10.0 Å². The maximum Gasteiger partial charge on any atom is 0.215 e. The Morgan fingerprint density at radius 2 is 1.65 bits per heavy atom. The fourth-order valence-corrected chi connectivity index (χ4v) is 5.37. The van der Waals surface area contributed by atoms with Crippen molar-refractivity contribution in [2.45, 2.75) is 105 Å². The zero-order valence-corrected chi connectivity index (χ0v) is 21.8. The molecule has 0 spiro atoms. The van der Waals surface area contributed by atoms with Gasteiger partial charge in [-0.3, -0.25) is 0 Å². The summed E-state index contributed by atoms with van der Waals surface area (Å²) in [6.45, 7) is 16.2. The van der Waals surface area contributed by atoms with Crippen LogP contribution in [0, 0.1) is 11.8 Å². The van der Waals surface area contributed by atoms with Crippen molar-refractivity contribution in [2.75, 3.05) is 13.2 Å². The van der Waals surface area contributed by atoms with Gasteiger partial charge in [-0.25, -0.2) is 13.1 Å². The Morgan fingerprint density at radius 3 is 2.26 bits per heavy atom. The van der Waals surface area contributed by atoms with Gasteiger partial charge in [-0.1, -0.05) is 92.7 Å². The number of sulfonamides is 1. The largest absolute Gasteiger partial charge is 0.493 e. The molecule has 1 radical (unpaired) electrons. The molecule has 0 heterocycles. The van der Waals surface area contributed by atoms with E-state index in [2.05, 4.69) is 52.3 Å². The van der Waals surface area contributed by atoms with E-state index in [1.165, 1.54) is 25.7 Å². The Morgan fingerprint density at radius 1 is 1.00 bits per heavy atom. The molecule has 0 aromatic heterocycles. The lowest BCUT2D eigenvalue weighted by atomic mass is 9.72.